The zero-order chi connectivity index (χ0) is 56.3. The van der Waals surface area contributed by atoms with E-state index in [0.29, 0.717) is 18.4 Å². The van der Waals surface area contributed by atoms with Gasteiger partial charge in [0.2, 0.25) is 70.9 Å². The number of aliphatic carboxylic acids is 1. The number of aromatic hydroxyl groups is 1. The third-order valence-electron chi connectivity index (χ3n) is 9.55. The van der Waals surface area contributed by atoms with Gasteiger partial charge in [0.25, 0.3) is 0 Å². The number of azide groups is 1. The van der Waals surface area contributed by atoms with Crippen LogP contribution in [0.1, 0.15) is 44.1 Å². The molecule has 20 N–H and O–H groups in total. The third kappa shape index (κ3) is 30.2. The number of primary amides is 1. The van der Waals surface area contributed by atoms with Gasteiger partial charge in [0.1, 0.15) is 29.9 Å². The van der Waals surface area contributed by atoms with Crippen LogP contribution >= 0.6 is 0 Å². The normalized spacial score (nSPS) is 11.9. The van der Waals surface area contributed by atoms with E-state index in [9.17, 15) is 77.6 Å². The van der Waals surface area contributed by atoms with Crippen molar-refractivity contribution in [2.45, 2.75) is 69.1 Å². The molecule has 0 spiro atoms. The number of phenolic OH excluding ortho intramolecular Hbond substituents is 1. The van der Waals surface area contributed by atoms with E-state index in [1.54, 1.807) is 0 Å². The molecule has 0 aliphatic rings. The summed E-state index contributed by atoms with van der Waals surface area (Å²) < 4.78 is 0. The van der Waals surface area contributed by atoms with Gasteiger partial charge in [-0.05, 0) is 48.9 Å². The summed E-state index contributed by atoms with van der Waals surface area (Å²) in [7, 11) is 0. The minimum atomic E-state index is -1.91. The van der Waals surface area contributed by atoms with Crippen LogP contribution in [-0.4, -0.2) is 188 Å². The summed E-state index contributed by atoms with van der Waals surface area (Å²) in [5.41, 5.74) is 24.8. The van der Waals surface area contributed by atoms with Crippen LogP contribution in [0.15, 0.2) is 34.4 Å². The molecule has 0 bridgehead atoms. The lowest BCUT2D eigenvalue weighted by Crippen LogP contribution is -2.57. The number of nitrogens with two attached hydrogens (primary N) is 3. The zero-order valence-corrected chi connectivity index (χ0v) is 40.3. The van der Waals surface area contributed by atoms with E-state index < -0.39 is 160 Å². The smallest absolute Gasteiger partial charge is 0.305 e. The number of benzene rings is 1. The van der Waals surface area contributed by atoms with Crippen molar-refractivity contribution in [2.75, 3.05) is 65.5 Å². The molecule has 34 nitrogen and oxygen atoms in total. The van der Waals surface area contributed by atoms with E-state index in [-0.39, 0.29) is 50.5 Å². The largest absolute Gasteiger partial charge is 0.508 e. The Bertz CT molecular complexity index is 2270. The topological polar surface area (TPSA) is 554 Å². The van der Waals surface area contributed by atoms with Crippen LogP contribution in [0.4, 0.5) is 0 Å². The Hall–Kier alpha value is -9.33. The maximum atomic E-state index is 13.1. The highest BCUT2D eigenvalue weighted by molar-refractivity contribution is 5.97. The average Bonchev–Trinajstić information content (AvgIpc) is 3.36. The number of rotatable bonds is 36. The molecule has 0 aliphatic heterocycles. The van der Waals surface area contributed by atoms with Gasteiger partial charge >= 0.3 is 5.97 Å². The predicted molar refractivity (Wildman–Crippen MR) is 257 cm³/mol. The van der Waals surface area contributed by atoms with E-state index in [2.05, 4.69) is 68.2 Å². The second-order valence-electron chi connectivity index (χ2n) is 15.7. The lowest BCUT2D eigenvalue weighted by Gasteiger charge is -2.22. The van der Waals surface area contributed by atoms with Crippen LogP contribution in [0, 0.1) is 0 Å². The molecule has 0 unspecified atom stereocenters. The third-order valence-corrected chi connectivity index (χ3v) is 9.55. The number of hydrogen-bond acceptors (Lipinski definition) is 17. The number of amides is 12. The van der Waals surface area contributed by atoms with Crippen LogP contribution in [0.25, 0.3) is 10.4 Å². The fourth-order valence-corrected chi connectivity index (χ4v) is 5.78. The number of aliphatic imine (C=N–C) groups is 1. The summed E-state index contributed by atoms with van der Waals surface area (Å²) in [5.74, 6) is -12.9. The van der Waals surface area contributed by atoms with Gasteiger partial charge in [-0.3, -0.25) is 67.3 Å². The molecule has 412 valence electrons. The van der Waals surface area contributed by atoms with Crippen LogP contribution < -0.4 is 75.7 Å². The van der Waals surface area contributed by atoms with Gasteiger partial charge in [-0.1, -0.05) is 17.2 Å². The Balaban J connectivity index is 2.68. The van der Waals surface area contributed by atoms with Gasteiger partial charge in [-0.15, -0.1) is 0 Å². The fourth-order valence-electron chi connectivity index (χ4n) is 5.78. The number of aliphatic hydroxyl groups is 1. The molecule has 0 heterocycles. The van der Waals surface area contributed by atoms with Crippen LogP contribution in [0.5, 0.6) is 5.75 Å². The molecule has 0 radical (unpaired) electrons. The second-order valence-corrected chi connectivity index (χ2v) is 15.7. The first kappa shape index (κ1) is 63.7. The van der Waals surface area contributed by atoms with E-state index in [1.807, 2.05) is 5.32 Å². The minimum Gasteiger partial charge on any atom is -0.508 e. The predicted octanol–water partition coefficient (Wildman–Crippen LogP) is -8.83. The van der Waals surface area contributed by atoms with Gasteiger partial charge in [0.15, 0.2) is 5.96 Å². The molecular weight excluding hydrogens is 1000 g/mol. The first-order valence-electron chi connectivity index (χ1n) is 22.6. The summed E-state index contributed by atoms with van der Waals surface area (Å²) >= 11 is 0. The van der Waals surface area contributed by atoms with Crippen molar-refractivity contribution in [1.29, 1.82) is 0 Å². The van der Waals surface area contributed by atoms with E-state index in [4.69, 9.17) is 22.7 Å². The van der Waals surface area contributed by atoms with Crippen LogP contribution in [0.2, 0.25) is 0 Å². The number of carbonyl (C=O) groups excluding carboxylic acids is 12. The lowest BCUT2D eigenvalue weighted by molar-refractivity contribution is -0.141. The van der Waals surface area contributed by atoms with Crippen molar-refractivity contribution in [2.24, 2.45) is 27.3 Å². The maximum Gasteiger partial charge on any atom is 0.305 e. The molecule has 0 aliphatic carbocycles. The Labute approximate surface area is 426 Å². The molecule has 34 heteroatoms. The van der Waals surface area contributed by atoms with Crippen molar-refractivity contribution in [3.8, 4) is 5.75 Å². The van der Waals surface area contributed by atoms with Crippen molar-refractivity contribution in [1.82, 2.24) is 58.5 Å². The monoisotopic (exact) mass is 1060 g/mol. The van der Waals surface area contributed by atoms with Crippen molar-refractivity contribution >= 4 is 82.8 Å². The van der Waals surface area contributed by atoms with Gasteiger partial charge in [-0.25, -0.2) is 0 Å². The van der Waals surface area contributed by atoms with Gasteiger partial charge < -0.3 is 91.0 Å². The number of nitrogens with zero attached hydrogens (tertiary/aromatic N) is 4. The first-order valence-corrected chi connectivity index (χ1v) is 22.6. The number of carboxylic acid groups (broad SMARTS) is 1. The minimum absolute atomic E-state index is 0.000815. The van der Waals surface area contributed by atoms with Crippen molar-refractivity contribution < 1.29 is 77.6 Å². The lowest BCUT2D eigenvalue weighted by atomic mass is 10.1. The zero-order valence-electron chi connectivity index (χ0n) is 40.3. The summed E-state index contributed by atoms with van der Waals surface area (Å²) in [6.07, 6.45) is -0.169. The molecule has 0 saturated carbocycles. The highest BCUT2D eigenvalue weighted by Crippen LogP contribution is 2.11. The Kier molecular flexibility index (Phi) is 30.3. The number of aliphatic hydroxyl groups excluding tert-OH is 1. The highest BCUT2D eigenvalue weighted by atomic mass is 16.4. The molecule has 1 rings (SSSR count). The Morgan fingerprint density at radius 1 is 0.533 bits per heavy atom. The number of nitrogens with one attached hydrogen (secondary N) is 11. The number of unbranched alkanes of at least 4 members (excludes halogenated alkanes) is 1. The number of phenols is 1. The van der Waals surface area contributed by atoms with E-state index >= 15 is 0 Å². The molecular formula is C41H62N18O16. The molecule has 0 fully saturated rings. The second kappa shape index (κ2) is 35.7. The molecule has 1 aromatic carbocycles. The van der Waals surface area contributed by atoms with Gasteiger partial charge in [0.05, 0.1) is 58.8 Å². The number of hydrogen-bond donors (Lipinski definition) is 17. The molecule has 12 amide bonds. The number of carbonyl (C=O) groups is 13. The van der Waals surface area contributed by atoms with Crippen molar-refractivity contribution in [3.63, 3.8) is 0 Å². The fraction of sp³-hybridized carbons (Fsp3) is 0.512. The average molecular weight is 1060 g/mol. The van der Waals surface area contributed by atoms with Crippen LogP contribution in [0.3, 0.4) is 0 Å². The molecule has 75 heavy (non-hydrogen) atoms. The van der Waals surface area contributed by atoms with Crippen LogP contribution in [-0.2, 0) is 68.7 Å². The Morgan fingerprint density at radius 3 is 1.47 bits per heavy atom. The van der Waals surface area contributed by atoms with E-state index in [0.717, 1.165) is 0 Å². The summed E-state index contributed by atoms with van der Waals surface area (Å²) in [5, 5.41) is 56.1. The Morgan fingerprint density at radius 2 is 0.987 bits per heavy atom. The quantitative estimate of drug-likeness (QED) is 0.00741. The van der Waals surface area contributed by atoms with E-state index in [1.165, 1.54) is 24.3 Å². The van der Waals surface area contributed by atoms with Gasteiger partial charge in [0, 0.05) is 30.8 Å². The van der Waals surface area contributed by atoms with Crippen molar-refractivity contribution in [3.05, 3.63) is 40.3 Å². The number of carboxylic acids is 1. The van der Waals surface area contributed by atoms with Gasteiger partial charge in [-0.2, -0.15) is 0 Å². The molecule has 0 saturated heterocycles. The first-order chi connectivity index (χ1) is 35.5. The SMILES string of the molecule is [N-]=[N+]=NCCCCC(=O)NCC(=O)NCC(=O)NCC(=O)N[C@@H](CCCN=C(N)N)C(=O)NCC(=O)N[C@@H](CC(=O)O)C(=O)N[C@@H](CO)C(=O)NCC(=O)NCC(=O)NCC(=O)N[C@@H](Cc1ccc(O)cc1)C(N)=O. The molecule has 0 aromatic heterocycles. The number of guanidine groups is 1. The standard InChI is InChI=1S/C41H62N18O16/c42-37(72)25(12-22-6-8-23(61)9-7-22)56-34(68)19-51-31(65)16-49-32(66)17-52-39(74)27(21-60)58-40(75)26(13-36(70)71)57-35(69)20-53-38(73)24(4-3-10-46-41(43)44)55-33(67)18-50-30(64)15-48-29(63)14-47-28(62)5-1-2-11-54-59-45/h6-9,24-27,60-61H,1-5,10-21H2,(H2,42,72)(H,47,62)(H,48,63)(H,49,66)(H,50,64)(H,51,65)(H,52,74)(H,53,73)(H,55,67)(H,56,68)(H,57,69)(H,58,75)(H,70,71)(H4,43,44,46)/t24-,25-,26-,27-/m0/s1. The summed E-state index contributed by atoms with van der Waals surface area (Å²) in [4.78, 5) is 167. The molecule has 1 aromatic rings. The maximum absolute atomic E-state index is 13.1. The summed E-state index contributed by atoms with van der Waals surface area (Å²) in [6, 6.07) is -0.515. The highest BCUT2D eigenvalue weighted by Gasteiger charge is 2.29. The molecule has 4 atom stereocenters. The summed E-state index contributed by atoms with van der Waals surface area (Å²) in [6.45, 7) is -5.66.